The van der Waals surface area contributed by atoms with E-state index in [-0.39, 0.29) is 0 Å². The van der Waals surface area contributed by atoms with Gasteiger partial charge in [-0.05, 0) is 50.4 Å². The minimum atomic E-state index is 0.632. The third kappa shape index (κ3) is 10.5. The van der Waals surface area contributed by atoms with Crippen LogP contribution in [0.2, 0.25) is 0 Å². The van der Waals surface area contributed by atoms with E-state index in [2.05, 4.69) is 26.3 Å². The summed E-state index contributed by atoms with van der Waals surface area (Å²) in [6, 6.07) is 0. The van der Waals surface area contributed by atoms with Crippen molar-refractivity contribution >= 4 is 0 Å². The molecule has 19 heavy (non-hydrogen) atoms. The van der Waals surface area contributed by atoms with Crippen LogP contribution in [0.15, 0.2) is 50.6 Å². The number of ether oxygens (including phenoxy) is 1. The second-order valence-corrected chi connectivity index (χ2v) is 5.02. The Morgan fingerprint density at radius 2 is 0.947 bits per heavy atom. The standard InChI is InChI=1S/C18H30O/c1-5-9-17(10-6-2)13-15-19-16-14-18(11-7-3)12-8-4/h5-8,17-18H,1-4,9-16H2. The molecule has 108 valence electrons. The van der Waals surface area contributed by atoms with Crippen LogP contribution in [0.1, 0.15) is 38.5 Å². The SMILES string of the molecule is C=CCC(CC=C)CCOCCC(CC=C)CC=C. The molecule has 0 aromatic carbocycles. The Balaban J connectivity index is 3.70. The first-order valence-electron chi connectivity index (χ1n) is 7.29. The van der Waals surface area contributed by atoms with Crippen molar-refractivity contribution in [2.75, 3.05) is 13.2 Å². The van der Waals surface area contributed by atoms with Gasteiger partial charge in [0.1, 0.15) is 0 Å². The molecule has 0 rings (SSSR count). The van der Waals surface area contributed by atoms with E-state index in [4.69, 9.17) is 4.74 Å². The van der Waals surface area contributed by atoms with E-state index in [0.717, 1.165) is 51.7 Å². The van der Waals surface area contributed by atoms with Crippen LogP contribution in [0.3, 0.4) is 0 Å². The van der Waals surface area contributed by atoms with Crippen molar-refractivity contribution in [3.63, 3.8) is 0 Å². The van der Waals surface area contributed by atoms with E-state index < -0.39 is 0 Å². The molecular formula is C18H30O. The zero-order valence-corrected chi connectivity index (χ0v) is 12.4. The minimum Gasteiger partial charge on any atom is -0.381 e. The van der Waals surface area contributed by atoms with Crippen LogP contribution in [0.25, 0.3) is 0 Å². The Hall–Kier alpha value is -1.08. The largest absolute Gasteiger partial charge is 0.381 e. The van der Waals surface area contributed by atoms with Gasteiger partial charge in [-0.3, -0.25) is 0 Å². The molecule has 0 saturated heterocycles. The van der Waals surface area contributed by atoms with Gasteiger partial charge in [-0.2, -0.15) is 0 Å². The lowest BCUT2D eigenvalue weighted by molar-refractivity contribution is 0.108. The molecule has 0 saturated carbocycles. The molecule has 0 aromatic heterocycles. The van der Waals surface area contributed by atoms with Crippen molar-refractivity contribution in [1.82, 2.24) is 0 Å². The van der Waals surface area contributed by atoms with Gasteiger partial charge in [-0.15, -0.1) is 26.3 Å². The molecule has 0 heterocycles. The van der Waals surface area contributed by atoms with Gasteiger partial charge >= 0.3 is 0 Å². The van der Waals surface area contributed by atoms with E-state index in [0.29, 0.717) is 11.8 Å². The Kier molecular flexibility index (Phi) is 12.6. The first-order valence-corrected chi connectivity index (χ1v) is 7.29. The van der Waals surface area contributed by atoms with Gasteiger partial charge in [0.05, 0.1) is 0 Å². The van der Waals surface area contributed by atoms with E-state index >= 15 is 0 Å². The van der Waals surface area contributed by atoms with Crippen LogP contribution in [-0.4, -0.2) is 13.2 Å². The van der Waals surface area contributed by atoms with Crippen LogP contribution in [-0.2, 0) is 4.74 Å². The summed E-state index contributed by atoms with van der Waals surface area (Å²) in [6.07, 6.45) is 14.3. The van der Waals surface area contributed by atoms with Gasteiger partial charge in [0, 0.05) is 13.2 Å². The van der Waals surface area contributed by atoms with Crippen molar-refractivity contribution in [2.24, 2.45) is 11.8 Å². The summed E-state index contributed by atoms with van der Waals surface area (Å²) < 4.78 is 5.74. The zero-order chi connectivity index (χ0) is 14.3. The number of allylic oxidation sites excluding steroid dienone is 4. The molecule has 0 bridgehead atoms. The summed E-state index contributed by atoms with van der Waals surface area (Å²) in [7, 11) is 0. The van der Waals surface area contributed by atoms with E-state index in [9.17, 15) is 0 Å². The van der Waals surface area contributed by atoms with Gasteiger partial charge in [-0.1, -0.05) is 24.3 Å². The maximum atomic E-state index is 5.74. The van der Waals surface area contributed by atoms with Crippen molar-refractivity contribution in [2.45, 2.75) is 38.5 Å². The molecular weight excluding hydrogens is 232 g/mol. The molecule has 0 amide bonds. The second-order valence-electron chi connectivity index (χ2n) is 5.02. The van der Waals surface area contributed by atoms with Crippen molar-refractivity contribution < 1.29 is 4.74 Å². The summed E-state index contributed by atoms with van der Waals surface area (Å²) in [5.74, 6) is 1.26. The first-order chi connectivity index (χ1) is 9.28. The third-order valence-corrected chi connectivity index (χ3v) is 3.34. The highest BCUT2D eigenvalue weighted by molar-refractivity contribution is 4.80. The molecule has 0 aliphatic rings. The number of rotatable bonds is 14. The second kappa shape index (κ2) is 13.4. The van der Waals surface area contributed by atoms with Crippen LogP contribution in [0, 0.1) is 11.8 Å². The average Bonchev–Trinajstić information content (AvgIpc) is 2.39. The lowest BCUT2D eigenvalue weighted by atomic mass is 9.97. The molecule has 0 spiro atoms. The third-order valence-electron chi connectivity index (χ3n) is 3.34. The smallest absolute Gasteiger partial charge is 0.0468 e. The lowest BCUT2D eigenvalue weighted by Crippen LogP contribution is -2.08. The van der Waals surface area contributed by atoms with E-state index in [1.165, 1.54) is 0 Å². The normalized spacial score (nSPS) is 10.6. The number of hydrogen-bond acceptors (Lipinski definition) is 1. The summed E-state index contributed by atoms with van der Waals surface area (Å²) in [5.41, 5.74) is 0. The summed E-state index contributed by atoms with van der Waals surface area (Å²) in [4.78, 5) is 0. The van der Waals surface area contributed by atoms with Crippen molar-refractivity contribution in [3.05, 3.63) is 50.6 Å². The number of hydrogen-bond donors (Lipinski definition) is 0. The fraction of sp³-hybridized carbons (Fsp3) is 0.556. The molecule has 1 nitrogen and oxygen atoms in total. The van der Waals surface area contributed by atoms with Crippen LogP contribution < -0.4 is 0 Å². The summed E-state index contributed by atoms with van der Waals surface area (Å²) in [5, 5.41) is 0. The molecule has 0 atom stereocenters. The molecule has 0 aliphatic carbocycles. The van der Waals surface area contributed by atoms with Gasteiger partial charge in [-0.25, -0.2) is 0 Å². The van der Waals surface area contributed by atoms with Gasteiger partial charge in [0.25, 0.3) is 0 Å². The summed E-state index contributed by atoms with van der Waals surface area (Å²) >= 11 is 0. The molecule has 0 radical (unpaired) electrons. The minimum absolute atomic E-state index is 0.632. The molecule has 0 fully saturated rings. The Morgan fingerprint density at radius 3 is 1.21 bits per heavy atom. The van der Waals surface area contributed by atoms with Crippen LogP contribution in [0.4, 0.5) is 0 Å². The van der Waals surface area contributed by atoms with Gasteiger partial charge < -0.3 is 4.74 Å². The zero-order valence-electron chi connectivity index (χ0n) is 12.4. The Bertz CT molecular complexity index is 208. The molecule has 0 N–H and O–H groups in total. The first kappa shape index (κ1) is 17.9. The molecule has 0 aliphatic heterocycles. The predicted octanol–water partition coefficient (Wildman–Crippen LogP) is 5.32. The highest BCUT2D eigenvalue weighted by atomic mass is 16.5. The molecule has 1 heteroatoms. The Morgan fingerprint density at radius 1 is 0.632 bits per heavy atom. The van der Waals surface area contributed by atoms with E-state index in [1.54, 1.807) is 0 Å². The predicted molar refractivity (Wildman–Crippen MR) is 86.3 cm³/mol. The quantitative estimate of drug-likeness (QED) is 0.304. The fourth-order valence-electron chi connectivity index (χ4n) is 2.21. The van der Waals surface area contributed by atoms with Crippen LogP contribution in [0.5, 0.6) is 0 Å². The Labute approximate surface area is 119 Å². The highest BCUT2D eigenvalue weighted by Crippen LogP contribution is 2.16. The van der Waals surface area contributed by atoms with Gasteiger partial charge in [0.2, 0.25) is 0 Å². The summed E-state index contributed by atoms with van der Waals surface area (Å²) in [6.45, 7) is 16.9. The van der Waals surface area contributed by atoms with E-state index in [1.807, 2.05) is 24.3 Å². The maximum absolute atomic E-state index is 5.74. The lowest BCUT2D eigenvalue weighted by Gasteiger charge is -2.15. The van der Waals surface area contributed by atoms with Crippen molar-refractivity contribution in [1.29, 1.82) is 0 Å². The van der Waals surface area contributed by atoms with Crippen molar-refractivity contribution in [3.8, 4) is 0 Å². The van der Waals surface area contributed by atoms with Crippen LogP contribution >= 0.6 is 0 Å². The van der Waals surface area contributed by atoms with Gasteiger partial charge in [0.15, 0.2) is 0 Å². The molecule has 0 unspecified atom stereocenters. The topological polar surface area (TPSA) is 9.23 Å². The maximum Gasteiger partial charge on any atom is 0.0468 e. The molecule has 0 aromatic rings. The fourth-order valence-corrected chi connectivity index (χ4v) is 2.21. The highest BCUT2D eigenvalue weighted by Gasteiger charge is 2.07. The average molecular weight is 262 g/mol. The monoisotopic (exact) mass is 262 g/mol.